The van der Waals surface area contributed by atoms with Crippen molar-refractivity contribution in [2.24, 2.45) is 0 Å². The summed E-state index contributed by atoms with van der Waals surface area (Å²) in [5.41, 5.74) is -0.881. The quantitative estimate of drug-likeness (QED) is 0.662. The molecule has 2 atom stereocenters. The molecule has 2 saturated heterocycles. The molecule has 2 aliphatic heterocycles. The van der Waals surface area contributed by atoms with Crippen LogP contribution < -0.4 is 5.32 Å². The first-order valence-corrected chi connectivity index (χ1v) is 5.39. The first-order valence-electron chi connectivity index (χ1n) is 5.39. The lowest BCUT2D eigenvalue weighted by atomic mass is 10.0. The fourth-order valence-corrected chi connectivity index (χ4v) is 1.89. The first kappa shape index (κ1) is 10.9. The fraction of sp³-hybridized carbons (Fsp3) is 0.900. The molecule has 2 heterocycles. The third-order valence-electron chi connectivity index (χ3n) is 2.90. The standard InChI is InChI=1S/C10H17NO4/c12-9(8-2-1-4-15-8)11-6-10(13)3-5-14-7-10/h8,13H,1-7H2,(H,11,12). The molecule has 0 radical (unpaired) electrons. The summed E-state index contributed by atoms with van der Waals surface area (Å²) in [7, 11) is 0. The number of carbonyl (C=O) groups excluding carboxylic acids is 1. The number of hydrogen-bond acceptors (Lipinski definition) is 4. The van der Waals surface area contributed by atoms with E-state index < -0.39 is 5.60 Å². The minimum Gasteiger partial charge on any atom is -0.386 e. The van der Waals surface area contributed by atoms with Crippen molar-refractivity contribution in [3.05, 3.63) is 0 Å². The molecule has 0 aromatic rings. The summed E-state index contributed by atoms with van der Waals surface area (Å²) in [4.78, 5) is 11.6. The second-order valence-electron chi connectivity index (χ2n) is 4.25. The van der Waals surface area contributed by atoms with Crippen molar-refractivity contribution in [1.29, 1.82) is 0 Å². The zero-order valence-corrected chi connectivity index (χ0v) is 8.70. The molecular formula is C10H17NO4. The molecule has 0 bridgehead atoms. The van der Waals surface area contributed by atoms with Crippen LogP contribution in [0.4, 0.5) is 0 Å². The van der Waals surface area contributed by atoms with Crippen molar-refractivity contribution in [2.45, 2.75) is 31.0 Å². The van der Waals surface area contributed by atoms with E-state index >= 15 is 0 Å². The van der Waals surface area contributed by atoms with Gasteiger partial charge in [0.05, 0.1) is 6.61 Å². The number of rotatable bonds is 3. The molecule has 2 fully saturated rings. The van der Waals surface area contributed by atoms with Gasteiger partial charge >= 0.3 is 0 Å². The third-order valence-corrected chi connectivity index (χ3v) is 2.90. The molecule has 86 valence electrons. The molecule has 0 aromatic carbocycles. The van der Waals surface area contributed by atoms with Gasteiger partial charge in [0.1, 0.15) is 11.7 Å². The molecule has 15 heavy (non-hydrogen) atoms. The Morgan fingerprint density at radius 1 is 1.53 bits per heavy atom. The Bertz CT molecular complexity index is 232. The minimum atomic E-state index is -0.881. The molecule has 0 saturated carbocycles. The number of aliphatic hydroxyl groups is 1. The van der Waals surface area contributed by atoms with Gasteiger partial charge in [0.25, 0.3) is 0 Å². The van der Waals surface area contributed by atoms with Gasteiger partial charge in [-0.05, 0) is 12.8 Å². The maximum atomic E-state index is 11.6. The molecule has 5 heteroatoms. The first-order chi connectivity index (χ1) is 7.20. The van der Waals surface area contributed by atoms with Crippen LogP contribution in [0, 0.1) is 0 Å². The van der Waals surface area contributed by atoms with E-state index in [1.807, 2.05) is 0 Å². The van der Waals surface area contributed by atoms with Crippen LogP contribution in [0.25, 0.3) is 0 Å². The number of carbonyl (C=O) groups is 1. The van der Waals surface area contributed by atoms with Crippen LogP contribution in [-0.2, 0) is 14.3 Å². The summed E-state index contributed by atoms with van der Waals surface area (Å²) in [6.45, 7) is 1.78. The smallest absolute Gasteiger partial charge is 0.249 e. The van der Waals surface area contributed by atoms with E-state index in [-0.39, 0.29) is 18.6 Å². The van der Waals surface area contributed by atoms with Crippen LogP contribution in [0.3, 0.4) is 0 Å². The summed E-state index contributed by atoms with van der Waals surface area (Å²) in [6, 6.07) is 0. The zero-order chi connectivity index (χ0) is 10.7. The molecule has 2 rings (SSSR count). The number of hydrogen-bond donors (Lipinski definition) is 2. The van der Waals surface area contributed by atoms with E-state index in [1.165, 1.54) is 0 Å². The Morgan fingerprint density at radius 2 is 2.40 bits per heavy atom. The van der Waals surface area contributed by atoms with Gasteiger partial charge < -0.3 is 19.9 Å². The largest absolute Gasteiger partial charge is 0.386 e. The Kier molecular flexibility index (Phi) is 3.23. The van der Waals surface area contributed by atoms with E-state index in [0.717, 1.165) is 12.8 Å². The van der Waals surface area contributed by atoms with E-state index in [2.05, 4.69) is 5.32 Å². The molecule has 5 nitrogen and oxygen atoms in total. The SMILES string of the molecule is O=C(NCC1(O)CCOC1)C1CCCO1. The fourth-order valence-electron chi connectivity index (χ4n) is 1.89. The van der Waals surface area contributed by atoms with Gasteiger partial charge in [0, 0.05) is 26.2 Å². The molecule has 0 aromatic heterocycles. The average molecular weight is 215 g/mol. The summed E-state index contributed by atoms with van der Waals surface area (Å²) in [5.74, 6) is -0.118. The Labute approximate surface area is 88.7 Å². The van der Waals surface area contributed by atoms with Crippen molar-refractivity contribution in [3.8, 4) is 0 Å². The normalized spacial score (nSPS) is 35.7. The van der Waals surface area contributed by atoms with E-state index in [9.17, 15) is 9.90 Å². The molecule has 2 N–H and O–H groups in total. The lowest BCUT2D eigenvalue weighted by Crippen LogP contribution is -2.46. The molecule has 2 aliphatic rings. The van der Waals surface area contributed by atoms with Gasteiger partial charge in [-0.25, -0.2) is 0 Å². The number of amides is 1. The average Bonchev–Trinajstić information content (AvgIpc) is 2.85. The number of nitrogens with one attached hydrogen (secondary N) is 1. The third kappa shape index (κ3) is 2.68. The van der Waals surface area contributed by atoms with Crippen LogP contribution in [0.1, 0.15) is 19.3 Å². The maximum Gasteiger partial charge on any atom is 0.249 e. The predicted molar refractivity (Wildman–Crippen MR) is 52.4 cm³/mol. The molecule has 0 aliphatic carbocycles. The molecule has 1 amide bonds. The lowest BCUT2D eigenvalue weighted by Gasteiger charge is -2.21. The summed E-state index contributed by atoms with van der Waals surface area (Å²) >= 11 is 0. The Hall–Kier alpha value is -0.650. The van der Waals surface area contributed by atoms with E-state index in [4.69, 9.17) is 9.47 Å². The van der Waals surface area contributed by atoms with Gasteiger partial charge in [-0.15, -0.1) is 0 Å². The zero-order valence-electron chi connectivity index (χ0n) is 8.70. The van der Waals surface area contributed by atoms with Crippen molar-refractivity contribution >= 4 is 5.91 Å². The monoisotopic (exact) mass is 215 g/mol. The Morgan fingerprint density at radius 3 is 3.00 bits per heavy atom. The van der Waals surface area contributed by atoms with Gasteiger partial charge in [-0.2, -0.15) is 0 Å². The summed E-state index contributed by atoms with van der Waals surface area (Å²) in [6.07, 6.45) is 1.97. The van der Waals surface area contributed by atoms with Gasteiger partial charge in [0.2, 0.25) is 5.91 Å². The molecular weight excluding hydrogens is 198 g/mol. The highest BCUT2D eigenvalue weighted by molar-refractivity contribution is 5.81. The van der Waals surface area contributed by atoms with Crippen LogP contribution in [0.2, 0.25) is 0 Å². The van der Waals surface area contributed by atoms with Gasteiger partial charge in [-0.1, -0.05) is 0 Å². The molecule has 2 unspecified atom stereocenters. The summed E-state index contributed by atoms with van der Waals surface area (Å²) < 4.78 is 10.3. The van der Waals surface area contributed by atoms with Crippen LogP contribution in [0.15, 0.2) is 0 Å². The summed E-state index contributed by atoms with van der Waals surface area (Å²) in [5, 5.41) is 12.6. The van der Waals surface area contributed by atoms with Crippen LogP contribution in [-0.4, -0.2) is 49.1 Å². The Balaban J connectivity index is 1.74. The van der Waals surface area contributed by atoms with Gasteiger partial charge in [0.15, 0.2) is 0 Å². The topological polar surface area (TPSA) is 67.8 Å². The maximum absolute atomic E-state index is 11.6. The highest BCUT2D eigenvalue weighted by Gasteiger charge is 2.33. The van der Waals surface area contributed by atoms with Crippen molar-refractivity contribution < 1.29 is 19.4 Å². The van der Waals surface area contributed by atoms with Crippen molar-refractivity contribution in [3.63, 3.8) is 0 Å². The number of ether oxygens (including phenoxy) is 2. The second-order valence-corrected chi connectivity index (χ2v) is 4.25. The van der Waals surface area contributed by atoms with Crippen molar-refractivity contribution in [2.75, 3.05) is 26.4 Å². The highest BCUT2D eigenvalue weighted by atomic mass is 16.5. The minimum absolute atomic E-state index is 0.118. The van der Waals surface area contributed by atoms with E-state index in [1.54, 1.807) is 0 Å². The molecule has 0 spiro atoms. The van der Waals surface area contributed by atoms with Crippen molar-refractivity contribution in [1.82, 2.24) is 5.32 Å². The highest BCUT2D eigenvalue weighted by Crippen LogP contribution is 2.17. The van der Waals surface area contributed by atoms with Crippen LogP contribution in [0.5, 0.6) is 0 Å². The van der Waals surface area contributed by atoms with Crippen LogP contribution >= 0.6 is 0 Å². The van der Waals surface area contributed by atoms with Gasteiger partial charge in [-0.3, -0.25) is 4.79 Å². The second kappa shape index (κ2) is 4.47. The predicted octanol–water partition coefficient (Wildman–Crippen LogP) is -0.567. The lowest BCUT2D eigenvalue weighted by molar-refractivity contribution is -0.131. The van der Waals surface area contributed by atoms with E-state index in [0.29, 0.717) is 26.2 Å².